The van der Waals surface area contributed by atoms with E-state index in [9.17, 15) is 14.9 Å². The SMILES string of the molecule is CC1CCNCC1NC(=O)CCOc1ccccc1[N+](=O)[O-].Cl. The average Bonchev–Trinajstić information content (AvgIpc) is 2.50. The van der Waals surface area contributed by atoms with Gasteiger partial charge in [-0.3, -0.25) is 14.9 Å². The first-order valence-electron chi connectivity index (χ1n) is 7.44. The van der Waals surface area contributed by atoms with Gasteiger partial charge in [-0.25, -0.2) is 0 Å². The summed E-state index contributed by atoms with van der Waals surface area (Å²) in [5.74, 6) is 0.536. The van der Waals surface area contributed by atoms with E-state index in [2.05, 4.69) is 17.6 Å². The Balaban J connectivity index is 0.00000264. The Kier molecular flexibility index (Phi) is 7.77. The monoisotopic (exact) mass is 343 g/mol. The molecular weight excluding hydrogens is 322 g/mol. The van der Waals surface area contributed by atoms with Crippen LogP contribution in [-0.4, -0.2) is 36.6 Å². The number of nitro benzene ring substituents is 1. The molecule has 8 heteroatoms. The molecule has 0 radical (unpaired) electrons. The summed E-state index contributed by atoms with van der Waals surface area (Å²) in [5, 5.41) is 17.1. The van der Waals surface area contributed by atoms with Crippen LogP contribution in [0.1, 0.15) is 19.8 Å². The molecule has 1 amide bonds. The zero-order valence-corrected chi connectivity index (χ0v) is 13.8. The molecule has 23 heavy (non-hydrogen) atoms. The molecule has 0 spiro atoms. The Hall–Kier alpha value is -1.86. The fourth-order valence-corrected chi connectivity index (χ4v) is 2.45. The van der Waals surface area contributed by atoms with E-state index in [0.29, 0.717) is 5.92 Å². The highest BCUT2D eigenvalue weighted by Gasteiger charge is 2.22. The van der Waals surface area contributed by atoms with E-state index in [1.54, 1.807) is 12.1 Å². The molecule has 128 valence electrons. The normalized spacial score (nSPS) is 20.2. The lowest BCUT2D eigenvalue weighted by atomic mass is 9.95. The summed E-state index contributed by atoms with van der Waals surface area (Å²) in [5.41, 5.74) is -0.0898. The molecule has 0 aliphatic carbocycles. The van der Waals surface area contributed by atoms with Gasteiger partial charge in [-0.05, 0) is 24.9 Å². The summed E-state index contributed by atoms with van der Waals surface area (Å²) in [4.78, 5) is 22.3. The van der Waals surface area contributed by atoms with Crippen molar-refractivity contribution >= 4 is 24.0 Å². The minimum Gasteiger partial charge on any atom is -0.486 e. The van der Waals surface area contributed by atoms with Crippen LogP contribution >= 0.6 is 12.4 Å². The number of halogens is 1. The van der Waals surface area contributed by atoms with Gasteiger partial charge in [0.1, 0.15) is 0 Å². The van der Waals surface area contributed by atoms with Gasteiger partial charge in [-0.15, -0.1) is 12.4 Å². The number of hydrogen-bond donors (Lipinski definition) is 2. The van der Waals surface area contributed by atoms with Gasteiger partial charge in [-0.2, -0.15) is 0 Å². The molecule has 1 heterocycles. The van der Waals surface area contributed by atoms with Crippen LogP contribution < -0.4 is 15.4 Å². The van der Waals surface area contributed by atoms with E-state index in [1.165, 1.54) is 12.1 Å². The standard InChI is InChI=1S/C15H21N3O4.ClH/c1-11-6-8-16-10-12(11)17-15(19)7-9-22-14-5-3-2-4-13(14)18(20)21;/h2-5,11-12,16H,6-10H2,1H3,(H,17,19);1H. The van der Waals surface area contributed by atoms with Crippen molar-refractivity contribution in [3.05, 3.63) is 34.4 Å². The smallest absolute Gasteiger partial charge is 0.310 e. The van der Waals surface area contributed by atoms with Crippen LogP contribution in [0.5, 0.6) is 5.75 Å². The van der Waals surface area contributed by atoms with Crippen LogP contribution in [0.4, 0.5) is 5.69 Å². The quantitative estimate of drug-likeness (QED) is 0.607. The van der Waals surface area contributed by atoms with Crippen molar-refractivity contribution in [2.75, 3.05) is 19.7 Å². The molecule has 1 aromatic carbocycles. The summed E-state index contributed by atoms with van der Waals surface area (Å²) in [6.07, 6.45) is 1.22. The van der Waals surface area contributed by atoms with Gasteiger partial charge in [0.15, 0.2) is 5.75 Å². The van der Waals surface area contributed by atoms with Crippen LogP contribution in [0.3, 0.4) is 0 Å². The molecule has 2 unspecified atom stereocenters. The van der Waals surface area contributed by atoms with Crippen molar-refractivity contribution in [2.45, 2.75) is 25.8 Å². The molecule has 1 fully saturated rings. The summed E-state index contributed by atoms with van der Waals surface area (Å²) < 4.78 is 5.37. The van der Waals surface area contributed by atoms with Gasteiger partial charge in [0, 0.05) is 18.7 Å². The van der Waals surface area contributed by atoms with Crippen LogP contribution in [0, 0.1) is 16.0 Å². The number of nitrogens with zero attached hydrogens (tertiary/aromatic N) is 1. The lowest BCUT2D eigenvalue weighted by Gasteiger charge is -2.30. The summed E-state index contributed by atoms with van der Waals surface area (Å²) in [6.45, 7) is 3.99. The van der Waals surface area contributed by atoms with E-state index in [4.69, 9.17) is 4.74 Å². The first-order valence-corrected chi connectivity index (χ1v) is 7.44. The van der Waals surface area contributed by atoms with Crippen molar-refractivity contribution in [3.8, 4) is 5.75 Å². The zero-order chi connectivity index (χ0) is 15.9. The number of amides is 1. The predicted molar refractivity (Wildman–Crippen MR) is 89.0 cm³/mol. The molecule has 1 aromatic rings. The highest BCUT2D eigenvalue weighted by atomic mass is 35.5. The molecule has 1 aliphatic heterocycles. The van der Waals surface area contributed by atoms with E-state index in [-0.39, 0.29) is 48.8 Å². The number of carbonyl (C=O) groups excluding carboxylic acids is 1. The molecular formula is C15H22ClN3O4. The lowest BCUT2D eigenvalue weighted by Crippen LogP contribution is -2.50. The number of rotatable bonds is 6. The molecule has 2 N–H and O–H groups in total. The van der Waals surface area contributed by atoms with Crippen molar-refractivity contribution in [1.82, 2.24) is 10.6 Å². The highest BCUT2D eigenvalue weighted by molar-refractivity contribution is 5.85. The molecule has 0 saturated carbocycles. The molecule has 2 atom stereocenters. The Labute approximate surface area is 141 Å². The number of para-hydroxylation sites is 2. The van der Waals surface area contributed by atoms with Crippen LogP contribution in [-0.2, 0) is 4.79 Å². The van der Waals surface area contributed by atoms with E-state index in [1.807, 2.05) is 0 Å². The third-order valence-electron chi connectivity index (χ3n) is 3.82. The fraction of sp³-hybridized carbons (Fsp3) is 0.533. The van der Waals surface area contributed by atoms with Gasteiger partial charge in [0.05, 0.1) is 18.0 Å². The average molecular weight is 344 g/mol. The molecule has 1 saturated heterocycles. The zero-order valence-electron chi connectivity index (χ0n) is 13.0. The number of hydrogen-bond acceptors (Lipinski definition) is 5. The Morgan fingerprint density at radius 1 is 1.48 bits per heavy atom. The maximum Gasteiger partial charge on any atom is 0.310 e. The molecule has 2 rings (SSSR count). The number of nitrogens with one attached hydrogen (secondary N) is 2. The van der Waals surface area contributed by atoms with Crippen molar-refractivity contribution in [3.63, 3.8) is 0 Å². The van der Waals surface area contributed by atoms with Crippen LogP contribution in [0.2, 0.25) is 0 Å². The van der Waals surface area contributed by atoms with Gasteiger partial charge >= 0.3 is 5.69 Å². The second-order valence-corrected chi connectivity index (χ2v) is 5.47. The van der Waals surface area contributed by atoms with E-state index < -0.39 is 4.92 Å². The number of nitro groups is 1. The van der Waals surface area contributed by atoms with Crippen molar-refractivity contribution in [2.24, 2.45) is 5.92 Å². The van der Waals surface area contributed by atoms with Crippen LogP contribution in [0.25, 0.3) is 0 Å². The van der Waals surface area contributed by atoms with E-state index in [0.717, 1.165) is 19.5 Å². The number of carbonyl (C=O) groups is 1. The van der Waals surface area contributed by atoms with Crippen molar-refractivity contribution < 1.29 is 14.5 Å². The maximum absolute atomic E-state index is 11.9. The van der Waals surface area contributed by atoms with Gasteiger partial charge in [-0.1, -0.05) is 19.1 Å². The Morgan fingerprint density at radius 2 is 2.22 bits per heavy atom. The second-order valence-electron chi connectivity index (χ2n) is 5.47. The van der Waals surface area contributed by atoms with Gasteiger partial charge in [0.25, 0.3) is 0 Å². The summed E-state index contributed by atoms with van der Waals surface area (Å²) in [6, 6.07) is 6.29. The largest absolute Gasteiger partial charge is 0.486 e. The lowest BCUT2D eigenvalue weighted by molar-refractivity contribution is -0.385. The number of ether oxygens (including phenoxy) is 1. The molecule has 1 aliphatic rings. The molecule has 7 nitrogen and oxygen atoms in total. The summed E-state index contributed by atoms with van der Waals surface area (Å²) >= 11 is 0. The summed E-state index contributed by atoms with van der Waals surface area (Å²) in [7, 11) is 0. The van der Waals surface area contributed by atoms with Crippen molar-refractivity contribution in [1.29, 1.82) is 0 Å². The predicted octanol–water partition coefficient (Wildman–Crippen LogP) is 1.90. The molecule has 0 bridgehead atoms. The topological polar surface area (TPSA) is 93.5 Å². The highest BCUT2D eigenvalue weighted by Crippen LogP contribution is 2.25. The van der Waals surface area contributed by atoms with E-state index >= 15 is 0 Å². The Morgan fingerprint density at radius 3 is 2.91 bits per heavy atom. The fourth-order valence-electron chi connectivity index (χ4n) is 2.45. The number of piperidine rings is 1. The van der Waals surface area contributed by atoms with Gasteiger partial charge in [0.2, 0.25) is 5.91 Å². The van der Waals surface area contributed by atoms with Crippen LogP contribution in [0.15, 0.2) is 24.3 Å². The molecule has 0 aromatic heterocycles. The maximum atomic E-state index is 11.9. The number of benzene rings is 1. The van der Waals surface area contributed by atoms with Gasteiger partial charge < -0.3 is 15.4 Å². The third kappa shape index (κ3) is 5.69. The minimum atomic E-state index is -0.495. The first-order chi connectivity index (χ1) is 10.6. The Bertz CT molecular complexity index is 541. The second kappa shape index (κ2) is 9.32. The minimum absolute atomic E-state index is 0. The third-order valence-corrected chi connectivity index (χ3v) is 3.82. The first kappa shape index (κ1) is 19.2.